The smallest absolute Gasteiger partial charge is 0.431 e. The molecule has 0 aromatic heterocycles. The molecule has 0 aliphatic carbocycles. The SMILES string of the molecule is O=C(OC(c1ccc(NC(=O)c2cc([N+](=O)[O-])ccc2Cl)cc1)(C(F)(F)F)C(F)(F)F)c1ccc(F)cc1. The average Bonchev–Trinajstić information content (AvgIpc) is 2.82. The Morgan fingerprint density at radius 2 is 1.42 bits per heavy atom. The van der Waals surface area contributed by atoms with Gasteiger partial charge >= 0.3 is 23.9 Å². The van der Waals surface area contributed by atoms with E-state index in [1.165, 1.54) is 0 Å². The first kappa shape index (κ1) is 28.4. The van der Waals surface area contributed by atoms with Crippen molar-refractivity contribution in [3.8, 4) is 0 Å². The molecule has 200 valence electrons. The molecule has 0 aliphatic heterocycles. The van der Waals surface area contributed by atoms with Gasteiger partial charge in [0.15, 0.2) is 0 Å². The number of carbonyl (C=O) groups excluding carboxylic acids is 2. The highest BCUT2D eigenvalue weighted by Gasteiger charge is 2.75. The molecule has 3 aromatic carbocycles. The van der Waals surface area contributed by atoms with Crippen LogP contribution in [0.15, 0.2) is 66.7 Å². The van der Waals surface area contributed by atoms with Crippen LogP contribution in [0.1, 0.15) is 26.3 Å². The van der Waals surface area contributed by atoms with E-state index < -0.39 is 62.9 Å². The van der Waals surface area contributed by atoms with Crippen molar-refractivity contribution in [1.29, 1.82) is 0 Å². The number of carbonyl (C=O) groups is 2. The summed E-state index contributed by atoms with van der Waals surface area (Å²) in [6, 6.07) is 7.43. The van der Waals surface area contributed by atoms with E-state index in [-0.39, 0.29) is 10.7 Å². The fourth-order valence-corrected chi connectivity index (χ4v) is 3.44. The number of amides is 1. The maximum atomic E-state index is 14.0. The second kappa shape index (κ2) is 10.3. The van der Waals surface area contributed by atoms with Gasteiger partial charge in [-0.1, -0.05) is 23.7 Å². The van der Waals surface area contributed by atoms with Crippen molar-refractivity contribution >= 4 is 34.9 Å². The van der Waals surface area contributed by atoms with E-state index in [2.05, 4.69) is 10.1 Å². The number of nitro benzene ring substituents is 1. The third-order valence-electron chi connectivity index (χ3n) is 5.08. The number of nitrogens with one attached hydrogen (secondary N) is 1. The predicted molar refractivity (Wildman–Crippen MR) is 118 cm³/mol. The lowest BCUT2D eigenvalue weighted by molar-refractivity contribution is -0.384. The number of anilines is 1. The van der Waals surface area contributed by atoms with Gasteiger partial charge in [-0.3, -0.25) is 14.9 Å². The minimum atomic E-state index is -6.21. The van der Waals surface area contributed by atoms with Gasteiger partial charge in [-0.15, -0.1) is 0 Å². The Bertz CT molecular complexity index is 1360. The number of nitro groups is 1. The normalized spacial score (nSPS) is 12.1. The molecule has 3 aromatic rings. The Hall–Kier alpha value is -4.20. The van der Waals surface area contributed by atoms with Crippen LogP contribution in [0.3, 0.4) is 0 Å². The van der Waals surface area contributed by atoms with Gasteiger partial charge in [-0.05, 0) is 42.5 Å². The third-order valence-corrected chi connectivity index (χ3v) is 5.41. The first-order valence-electron chi connectivity index (χ1n) is 10.0. The molecule has 0 unspecified atom stereocenters. The van der Waals surface area contributed by atoms with E-state index in [0.717, 1.165) is 18.2 Å². The summed E-state index contributed by atoms with van der Waals surface area (Å²) in [5.41, 5.74) is -8.67. The number of halogens is 8. The number of ether oxygens (including phenoxy) is 1. The Morgan fingerprint density at radius 1 is 0.868 bits per heavy atom. The van der Waals surface area contributed by atoms with Gasteiger partial charge in [-0.25, -0.2) is 9.18 Å². The summed E-state index contributed by atoms with van der Waals surface area (Å²) in [6.07, 6.45) is -12.4. The summed E-state index contributed by atoms with van der Waals surface area (Å²) in [5.74, 6) is -3.98. The largest absolute Gasteiger partial charge is 0.442 e. The molecule has 1 N–H and O–H groups in total. The van der Waals surface area contributed by atoms with Crippen molar-refractivity contribution in [2.75, 3.05) is 5.32 Å². The Morgan fingerprint density at radius 3 is 1.92 bits per heavy atom. The maximum Gasteiger partial charge on any atom is 0.442 e. The zero-order chi connectivity index (χ0) is 28.5. The number of nitrogens with zero attached hydrogens (tertiary/aromatic N) is 1. The average molecular weight is 565 g/mol. The zero-order valence-corrected chi connectivity index (χ0v) is 19.1. The lowest BCUT2D eigenvalue weighted by Crippen LogP contribution is -2.56. The van der Waals surface area contributed by atoms with Gasteiger partial charge in [0.2, 0.25) is 0 Å². The van der Waals surface area contributed by atoms with Gasteiger partial charge in [0, 0.05) is 23.4 Å². The maximum absolute atomic E-state index is 14.0. The molecule has 0 saturated heterocycles. The quantitative estimate of drug-likeness (QED) is 0.153. The Labute approximate surface area is 212 Å². The van der Waals surface area contributed by atoms with E-state index >= 15 is 0 Å². The van der Waals surface area contributed by atoms with E-state index in [1.807, 2.05) is 0 Å². The molecule has 38 heavy (non-hydrogen) atoms. The molecule has 0 fully saturated rings. The van der Waals surface area contributed by atoms with E-state index in [1.54, 1.807) is 0 Å². The second-order valence-corrected chi connectivity index (χ2v) is 7.93. The highest BCUT2D eigenvalue weighted by Crippen LogP contribution is 2.53. The topological polar surface area (TPSA) is 98.5 Å². The molecule has 0 atom stereocenters. The Balaban J connectivity index is 1.98. The van der Waals surface area contributed by atoms with Crippen LogP contribution in [-0.2, 0) is 10.3 Å². The van der Waals surface area contributed by atoms with Gasteiger partial charge in [0.05, 0.1) is 21.1 Å². The van der Waals surface area contributed by atoms with Gasteiger partial charge in [0.25, 0.3) is 11.6 Å². The molecule has 0 heterocycles. The summed E-state index contributed by atoms with van der Waals surface area (Å²) in [4.78, 5) is 34.8. The molecule has 0 spiro atoms. The summed E-state index contributed by atoms with van der Waals surface area (Å²) >= 11 is 5.85. The number of alkyl halides is 6. The lowest BCUT2D eigenvalue weighted by Gasteiger charge is -2.36. The summed E-state index contributed by atoms with van der Waals surface area (Å²) < 4.78 is 101. The van der Waals surface area contributed by atoms with Gasteiger partial charge in [-0.2, -0.15) is 26.3 Å². The summed E-state index contributed by atoms with van der Waals surface area (Å²) in [5, 5.41) is 12.8. The minimum Gasteiger partial charge on any atom is -0.431 e. The third kappa shape index (κ3) is 5.54. The van der Waals surface area contributed by atoms with Crippen LogP contribution in [0.25, 0.3) is 0 Å². The van der Waals surface area contributed by atoms with Crippen LogP contribution in [0.2, 0.25) is 5.02 Å². The lowest BCUT2D eigenvalue weighted by atomic mass is 9.91. The molecule has 3 rings (SSSR count). The van der Waals surface area contributed by atoms with E-state index in [0.29, 0.717) is 48.5 Å². The second-order valence-electron chi connectivity index (χ2n) is 7.53. The van der Waals surface area contributed by atoms with Crippen molar-refractivity contribution in [2.45, 2.75) is 18.0 Å². The minimum absolute atomic E-state index is 0.217. The molecule has 0 aliphatic rings. The molecule has 0 radical (unpaired) electrons. The van der Waals surface area contributed by atoms with E-state index in [9.17, 15) is 50.4 Å². The monoisotopic (exact) mass is 564 g/mol. The number of benzene rings is 3. The van der Waals surface area contributed by atoms with Crippen LogP contribution < -0.4 is 5.32 Å². The predicted octanol–water partition coefficient (Wildman–Crippen LogP) is 6.82. The number of non-ortho nitro benzene ring substituents is 1. The van der Waals surface area contributed by atoms with Crippen LogP contribution >= 0.6 is 11.6 Å². The van der Waals surface area contributed by atoms with Crippen LogP contribution in [-0.4, -0.2) is 29.2 Å². The molecular weight excluding hydrogens is 553 g/mol. The molecule has 7 nitrogen and oxygen atoms in total. The molecule has 1 amide bonds. The molecular formula is C23H12ClF7N2O5. The highest BCUT2D eigenvalue weighted by molar-refractivity contribution is 6.34. The van der Waals surface area contributed by atoms with Crippen molar-refractivity contribution in [1.82, 2.24) is 0 Å². The number of hydrogen-bond donors (Lipinski definition) is 1. The van der Waals surface area contributed by atoms with Crippen molar-refractivity contribution < 1.29 is 50.0 Å². The fourth-order valence-electron chi connectivity index (χ4n) is 3.23. The first-order chi connectivity index (χ1) is 17.6. The van der Waals surface area contributed by atoms with Crippen LogP contribution in [0.5, 0.6) is 0 Å². The van der Waals surface area contributed by atoms with Crippen molar-refractivity contribution in [3.63, 3.8) is 0 Å². The van der Waals surface area contributed by atoms with E-state index in [4.69, 9.17) is 11.6 Å². The summed E-state index contributed by atoms with van der Waals surface area (Å²) in [6.45, 7) is 0. The fraction of sp³-hybridized carbons (Fsp3) is 0.130. The molecule has 0 saturated carbocycles. The van der Waals surface area contributed by atoms with Gasteiger partial charge < -0.3 is 10.1 Å². The van der Waals surface area contributed by atoms with Crippen LogP contribution in [0, 0.1) is 15.9 Å². The van der Waals surface area contributed by atoms with Crippen molar-refractivity contribution in [3.05, 3.63) is 104 Å². The van der Waals surface area contributed by atoms with Crippen LogP contribution in [0.4, 0.5) is 42.1 Å². The number of esters is 1. The van der Waals surface area contributed by atoms with Crippen molar-refractivity contribution in [2.24, 2.45) is 0 Å². The molecule has 0 bridgehead atoms. The molecule has 15 heteroatoms. The van der Waals surface area contributed by atoms with Gasteiger partial charge in [0.1, 0.15) is 5.82 Å². The summed E-state index contributed by atoms with van der Waals surface area (Å²) in [7, 11) is 0. The number of hydrogen-bond acceptors (Lipinski definition) is 5. The first-order valence-corrected chi connectivity index (χ1v) is 10.4. The Kier molecular flexibility index (Phi) is 7.68. The number of rotatable bonds is 6. The highest BCUT2D eigenvalue weighted by atomic mass is 35.5. The standard InChI is InChI=1S/C23H12ClF7N2O5/c24-18-10-9-16(33(36)37)11-17(18)19(34)32-15-7-3-13(4-8-15)21(22(26,27)28,23(29,30)31)38-20(35)12-1-5-14(25)6-2-12/h1-11H,(H,32,34). The zero-order valence-electron chi connectivity index (χ0n) is 18.4.